The van der Waals surface area contributed by atoms with Crippen LogP contribution in [0.15, 0.2) is 54.6 Å². The van der Waals surface area contributed by atoms with Gasteiger partial charge in [0.25, 0.3) is 0 Å². The number of hydrogen-bond donors (Lipinski definition) is 0. The van der Waals surface area contributed by atoms with Crippen molar-refractivity contribution in [2.45, 2.75) is 13.3 Å². The van der Waals surface area contributed by atoms with E-state index in [1.807, 2.05) is 29.2 Å². The lowest BCUT2D eigenvalue weighted by Gasteiger charge is -2.36. The fourth-order valence-electron chi connectivity index (χ4n) is 3.33. The van der Waals surface area contributed by atoms with E-state index in [2.05, 4.69) is 17.0 Å². The summed E-state index contributed by atoms with van der Waals surface area (Å²) >= 11 is 6.02. The van der Waals surface area contributed by atoms with E-state index in [0.717, 1.165) is 18.8 Å². The van der Waals surface area contributed by atoms with Crippen molar-refractivity contribution >= 4 is 34.8 Å². The highest BCUT2D eigenvalue weighted by atomic mass is 35.5. The average Bonchev–Trinajstić information content (AvgIpc) is 2.68. The molecule has 0 aromatic heterocycles. The molecule has 1 aliphatic rings. The zero-order valence-electron chi connectivity index (χ0n) is 15.5. The van der Waals surface area contributed by atoms with Gasteiger partial charge in [0.2, 0.25) is 11.8 Å². The number of anilines is 2. The summed E-state index contributed by atoms with van der Waals surface area (Å²) in [4.78, 5) is 30.4. The molecule has 27 heavy (non-hydrogen) atoms. The minimum Gasteiger partial charge on any atom is -0.368 e. The second-order valence-corrected chi connectivity index (χ2v) is 7.04. The Morgan fingerprint density at radius 1 is 1.00 bits per heavy atom. The first-order valence-corrected chi connectivity index (χ1v) is 9.54. The SMILES string of the molecule is CC(=O)N(CCC(=O)N1CCN(c2ccccc2)CC1)c1cccc(Cl)c1. The summed E-state index contributed by atoms with van der Waals surface area (Å²) in [6, 6.07) is 17.4. The Morgan fingerprint density at radius 2 is 1.70 bits per heavy atom. The number of piperazine rings is 1. The molecule has 0 unspecified atom stereocenters. The van der Waals surface area contributed by atoms with Crippen LogP contribution in [0.25, 0.3) is 0 Å². The molecule has 0 bridgehead atoms. The van der Waals surface area contributed by atoms with E-state index in [1.54, 1.807) is 23.1 Å². The molecule has 1 heterocycles. The molecule has 2 aromatic carbocycles. The highest BCUT2D eigenvalue weighted by Crippen LogP contribution is 2.20. The van der Waals surface area contributed by atoms with E-state index in [-0.39, 0.29) is 11.8 Å². The van der Waals surface area contributed by atoms with E-state index in [1.165, 1.54) is 12.6 Å². The third kappa shape index (κ3) is 5.01. The number of rotatable bonds is 5. The number of carbonyl (C=O) groups excluding carboxylic acids is 2. The number of nitrogens with zero attached hydrogens (tertiary/aromatic N) is 3. The Hall–Kier alpha value is -2.53. The molecule has 1 fully saturated rings. The first kappa shape index (κ1) is 19.2. The maximum absolute atomic E-state index is 12.6. The summed E-state index contributed by atoms with van der Waals surface area (Å²) in [5.41, 5.74) is 1.91. The predicted molar refractivity (Wildman–Crippen MR) is 109 cm³/mol. The van der Waals surface area contributed by atoms with Gasteiger partial charge in [0, 0.05) is 62.5 Å². The minimum absolute atomic E-state index is 0.0796. The molecule has 0 spiro atoms. The van der Waals surface area contributed by atoms with Crippen molar-refractivity contribution in [2.24, 2.45) is 0 Å². The van der Waals surface area contributed by atoms with Crippen molar-refractivity contribution in [3.05, 3.63) is 59.6 Å². The minimum atomic E-state index is -0.0982. The molecule has 1 aliphatic heterocycles. The van der Waals surface area contributed by atoms with Gasteiger partial charge in [-0.15, -0.1) is 0 Å². The number of halogens is 1. The van der Waals surface area contributed by atoms with Crippen LogP contribution in [-0.4, -0.2) is 49.4 Å². The Balaban J connectivity index is 1.54. The molecule has 1 saturated heterocycles. The van der Waals surface area contributed by atoms with Gasteiger partial charge in [0.1, 0.15) is 0 Å². The van der Waals surface area contributed by atoms with Crippen LogP contribution >= 0.6 is 11.6 Å². The molecule has 3 rings (SSSR count). The van der Waals surface area contributed by atoms with Crippen LogP contribution in [0.1, 0.15) is 13.3 Å². The third-order valence-corrected chi connectivity index (χ3v) is 5.04. The van der Waals surface area contributed by atoms with Crippen molar-refractivity contribution < 1.29 is 9.59 Å². The van der Waals surface area contributed by atoms with Gasteiger partial charge in [0.05, 0.1) is 0 Å². The van der Waals surface area contributed by atoms with Gasteiger partial charge in [-0.3, -0.25) is 9.59 Å². The number of amides is 2. The highest BCUT2D eigenvalue weighted by Gasteiger charge is 2.22. The fraction of sp³-hybridized carbons (Fsp3) is 0.333. The van der Waals surface area contributed by atoms with Crippen LogP contribution < -0.4 is 9.80 Å². The summed E-state index contributed by atoms with van der Waals surface area (Å²) in [5.74, 6) is -0.0186. The van der Waals surface area contributed by atoms with Gasteiger partial charge in [-0.05, 0) is 30.3 Å². The summed E-state index contributed by atoms with van der Waals surface area (Å²) < 4.78 is 0. The van der Waals surface area contributed by atoms with E-state index in [0.29, 0.717) is 31.1 Å². The number of carbonyl (C=O) groups is 2. The van der Waals surface area contributed by atoms with Gasteiger partial charge < -0.3 is 14.7 Å². The highest BCUT2D eigenvalue weighted by molar-refractivity contribution is 6.30. The zero-order valence-corrected chi connectivity index (χ0v) is 16.2. The normalized spacial score (nSPS) is 14.1. The molecule has 0 radical (unpaired) electrons. The number of para-hydroxylation sites is 1. The topological polar surface area (TPSA) is 43.9 Å². The van der Waals surface area contributed by atoms with E-state index < -0.39 is 0 Å². The Kier molecular flexibility index (Phi) is 6.35. The maximum atomic E-state index is 12.6. The lowest BCUT2D eigenvalue weighted by atomic mass is 10.2. The molecule has 2 aromatic rings. The second kappa shape index (κ2) is 8.91. The van der Waals surface area contributed by atoms with Gasteiger partial charge in [-0.25, -0.2) is 0 Å². The maximum Gasteiger partial charge on any atom is 0.224 e. The summed E-state index contributed by atoms with van der Waals surface area (Å²) in [6.45, 7) is 4.90. The molecule has 5 nitrogen and oxygen atoms in total. The van der Waals surface area contributed by atoms with Crippen molar-refractivity contribution in [1.82, 2.24) is 4.90 Å². The summed E-state index contributed by atoms with van der Waals surface area (Å²) in [5, 5.41) is 0.571. The van der Waals surface area contributed by atoms with Crippen molar-refractivity contribution in [3.63, 3.8) is 0 Å². The van der Waals surface area contributed by atoms with Crippen molar-refractivity contribution in [1.29, 1.82) is 0 Å². The molecular weight excluding hydrogens is 362 g/mol. The molecule has 0 aliphatic carbocycles. The standard InChI is InChI=1S/C21H24ClN3O2/c1-17(26)25(20-9-5-6-18(22)16-20)11-10-21(27)24-14-12-23(13-15-24)19-7-3-2-4-8-19/h2-9,16H,10-15H2,1H3. The molecule has 0 N–H and O–H groups in total. The third-order valence-electron chi connectivity index (χ3n) is 4.80. The number of benzene rings is 2. The quantitative estimate of drug-likeness (QED) is 0.792. The van der Waals surface area contributed by atoms with Crippen LogP contribution in [0, 0.1) is 0 Å². The zero-order chi connectivity index (χ0) is 19.2. The van der Waals surface area contributed by atoms with Gasteiger partial charge in [0.15, 0.2) is 0 Å². The van der Waals surface area contributed by atoms with Crippen LogP contribution in [0.3, 0.4) is 0 Å². The molecule has 142 valence electrons. The monoisotopic (exact) mass is 385 g/mol. The van der Waals surface area contributed by atoms with Gasteiger partial charge in [-0.2, -0.15) is 0 Å². The molecule has 0 atom stereocenters. The van der Waals surface area contributed by atoms with Gasteiger partial charge >= 0.3 is 0 Å². The van der Waals surface area contributed by atoms with Gasteiger partial charge in [-0.1, -0.05) is 35.9 Å². The van der Waals surface area contributed by atoms with E-state index in [9.17, 15) is 9.59 Å². The van der Waals surface area contributed by atoms with Crippen molar-refractivity contribution in [3.8, 4) is 0 Å². The smallest absolute Gasteiger partial charge is 0.224 e. The lowest BCUT2D eigenvalue weighted by molar-refractivity contribution is -0.131. The summed E-state index contributed by atoms with van der Waals surface area (Å²) in [7, 11) is 0. The summed E-state index contributed by atoms with van der Waals surface area (Å²) in [6.07, 6.45) is 0.303. The molecule has 6 heteroatoms. The van der Waals surface area contributed by atoms with Crippen LogP contribution in [0.2, 0.25) is 5.02 Å². The van der Waals surface area contributed by atoms with Crippen molar-refractivity contribution in [2.75, 3.05) is 42.5 Å². The molecule has 0 saturated carbocycles. The van der Waals surface area contributed by atoms with E-state index >= 15 is 0 Å². The average molecular weight is 386 g/mol. The Labute approximate surface area is 165 Å². The predicted octanol–water partition coefficient (Wildman–Crippen LogP) is 3.43. The first-order chi connectivity index (χ1) is 13.0. The first-order valence-electron chi connectivity index (χ1n) is 9.16. The van der Waals surface area contributed by atoms with Crippen LogP contribution in [0.4, 0.5) is 11.4 Å². The molecular formula is C21H24ClN3O2. The largest absolute Gasteiger partial charge is 0.368 e. The van der Waals surface area contributed by atoms with Crippen LogP contribution in [-0.2, 0) is 9.59 Å². The van der Waals surface area contributed by atoms with Crippen LogP contribution in [0.5, 0.6) is 0 Å². The Bertz CT molecular complexity index is 789. The number of hydrogen-bond acceptors (Lipinski definition) is 3. The fourth-order valence-corrected chi connectivity index (χ4v) is 3.52. The molecule has 2 amide bonds. The van der Waals surface area contributed by atoms with E-state index in [4.69, 9.17) is 11.6 Å². The lowest BCUT2D eigenvalue weighted by Crippen LogP contribution is -2.49. The Morgan fingerprint density at radius 3 is 2.33 bits per heavy atom. The second-order valence-electron chi connectivity index (χ2n) is 6.60.